The highest BCUT2D eigenvalue weighted by molar-refractivity contribution is 9.10. The minimum atomic E-state index is -0.480. The van der Waals surface area contributed by atoms with Gasteiger partial charge in [-0.05, 0) is 26.2 Å². The summed E-state index contributed by atoms with van der Waals surface area (Å²) in [6, 6.07) is 0. The van der Waals surface area contributed by atoms with Gasteiger partial charge in [0.1, 0.15) is 0 Å². The molecule has 0 spiro atoms. The van der Waals surface area contributed by atoms with Gasteiger partial charge in [0.05, 0.1) is 4.32 Å². The van der Waals surface area contributed by atoms with Crippen molar-refractivity contribution in [2.75, 3.05) is 19.8 Å². The Balaban J connectivity index is 3.36. The van der Waals surface area contributed by atoms with Gasteiger partial charge in [-0.1, -0.05) is 29.8 Å². The molecule has 0 aromatic heterocycles. The summed E-state index contributed by atoms with van der Waals surface area (Å²) in [4.78, 5) is 11.4. The van der Waals surface area contributed by atoms with Crippen molar-refractivity contribution in [1.82, 2.24) is 5.32 Å². The van der Waals surface area contributed by atoms with Gasteiger partial charge in [-0.15, -0.1) is 0 Å². The van der Waals surface area contributed by atoms with Gasteiger partial charge in [-0.3, -0.25) is 4.79 Å². The molecule has 0 aliphatic carbocycles. The van der Waals surface area contributed by atoms with Crippen molar-refractivity contribution in [2.45, 2.75) is 38.4 Å². The summed E-state index contributed by atoms with van der Waals surface area (Å²) in [5, 5.41) is 2.84. The van der Waals surface area contributed by atoms with Crippen LogP contribution >= 0.6 is 15.9 Å². The van der Waals surface area contributed by atoms with Gasteiger partial charge in [0.25, 0.3) is 0 Å². The zero-order chi connectivity index (χ0) is 11.9. The first-order valence-corrected chi connectivity index (χ1v) is 6.18. The van der Waals surface area contributed by atoms with Gasteiger partial charge in [-0.25, -0.2) is 0 Å². The molecule has 0 heterocycles. The van der Waals surface area contributed by atoms with E-state index in [4.69, 9.17) is 4.74 Å². The Labute approximate surface area is 101 Å². The van der Waals surface area contributed by atoms with Crippen LogP contribution in [-0.2, 0) is 9.53 Å². The van der Waals surface area contributed by atoms with E-state index in [2.05, 4.69) is 35.1 Å². The number of alkyl halides is 1. The molecule has 0 unspecified atom stereocenters. The van der Waals surface area contributed by atoms with E-state index in [0.717, 1.165) is 13.0 Å². The second-order valence-electron chi connectivity index (χ2n) is 4.55. The maximum Gasteiger partial charge on any atom is 0.236 e. The molecule has 0 saturated carbocycles. The van der Waals surface area contributed by atoms with E-state index >= 15 is 0 Å². The molecule has 15 heavy (non-hydrogen) atoms. The molecule has 0 radical (unpaired) electrons. The van der Waals surface area contributed by atoms with Crippen LogP contribution in [0.5, 0.6) is 0 Å². The number of ether oxygens (including phenoxy) is 1. The molecule has 0 aliphatic rings. The molecule has 0 fully saturated rings. The lowest BCUT2D eigenvalue weighted by Crippen LogP contribution is -2.38. The van der Waals surface area contributed by atoms with E-state index in [1.165, 1.54) is 0 Å². The van der Waals surface area contributed by atoms with E-state index in [1.807, 2.05) is 13.8 Å². The molecule has 3 nitrogen and oxygen atoms in total. The Kier molecular flexibility index (Phi) is 7.18. The third kappa shape index (κ3) is 8.88. The first kappa shape index (κ1) is 14.9. The van der Waals surface area contributed by atoms with Crippen molar-refractivity contribution in [3.05, 3.63) is 0 Å². The van der Waals surface area contributed by atoms with Crippen LogP contribution in [0.4, 0.5) is 0 Å². The van der Waals surface area contributed by atoms with Crippen LogP contribution in [0, 0.1) is 5.92 Å². The highest BCUT2D eigenvalue weighted by atomic mass is 79.9. The summed E-state index contributed by atoms with van der Waals surface area (Å²) in [5.74, 6) is 0.590. The van der Waals surface area contributed by atoms with E-state index < -0.39 is 4.32 Å². The zero-order valence-corrected chi connectivity index (χ0v) is 11.7. The zero-order valence-electron chi connectivity index (χ0n) is 10.1. The molecule has 0 atom stereocenters. The molecular formula is C11H22BrNO2. The van der Waals surface area contributed by atoms with Gasteiger partial charge in [0.15, 0.2) is 0 Å². The second kappa shape index (κ2) is 7.23. The molecule has 0 rings (SSSR count). The molecule has 0 aromatic carbocycles. The summed E-state index contributed by atoms with van der Waals surface area (Å²) in [6.45, 7) is 10.1. The number of amides is 1. The van der Waals surface area contributed by atoms with Crippen molar-refractivity contribution in [3.8, 4) is 0 Å². The van der Waals surface area contributed by atoms with Gasteiger partial charge >= 0.3 is 0 Å². The maximum atomic E-state index is 11.4. The summed E-state index contributed by atoms with van der Waals surface area (Å²) in [7, 11) is 0. The molecule has 0 bridgehead atoms. The third-order valence-electron chi connectivity index (χ3n) is 1.74. The van der Waals surface area contributed by atoms with Gasteiger partial charge < -0.3 is 10.1 Å². The van der Waals surface area contributed by atoms with Crippen molar-refractivity contribution >= 4 is 21.8 Å². The number of halogens is 1. The molecule has 1 N–H and O–H groups in total. The van der Waals surface area contributed by atoms with Crippen molar-refractivity contribution in [3.63, 3.8) is 0 Å². The molecule has 4 heteroatoms. The first-order valence-electron chi connectivity index (χ1n) is 5.39. The van der Waals surface area contributed by atoms with Crippen LogP contribution in [0.25, 0.3) is 0 Å². The quantitative estimate of drug-likeness (QED) is 0.574. The fraction of sp³-hybridized carbons (Fsp3) is 0.909. The fourth-order valence-electron chi connectivity index (χ4n) is 0.905. The van der Waals surface area contributed by atoms with Crippen LogP contribution < -0.4 is 5.32 Å². The number of hydrogen-bond acceptors (Lipinski definition) is 2. The van der Waals surface area contributed by atoms with Gasteiger partial charge in [0.2, 0.25) is 5.91 Å². The SMILES string of the molecule is CC(C)COCCCNC(=O)C(C)(C)Br. The van der Waals surface area contributed by atoms with Gasteiger partial charge in [0, 0.05) is 19.8 Å². The molecule has 0 aromatic rings. The Bertz CT molecular complexity index is 188. The molecule has 0 saturated heterocycles. The Morgan fingerprint density at radius 3 is 2.53 bits per heavy atom. The van der Waals surface area contributed by atoms with Crippen LogP contribution in [0.2, 0.25) is 0 Å². The molecule has 1 amide bonds. The van der Waals surface area contributed by atoms with E-state index in [1.54, 1.807) is 0 Å². The summed E-state index contributed by atoms with van der Waals surface area (Å²) >= 11 is 3.30. The number of carbonyl (C=O) groups is 1. The van der Waals surface area contributed by atoms with Crippen molar-refractivity contribution in [1.29, 1.82) is 0 Å². The van der Waals surface area contributed by atoms with Gasteiger partial charge in [-0.2, -0.15) is 0 Å². The summed E-state index contributed by atoms with van der Waals surface area (Å²) in [6.07, 6.45) is 0.863. The first-order chi connectivity index (χ1) is 6.84. The third-order valence-corrected chi connectivity index (χ3v) is 2.10. The van der Waals surface area contributed by atoms with Crippen molar-refractivity contribution in [2.24, 2.45) is 5.92 Å². The average Bonchev–Trinajstić information content (AvgIpc) is 2.08. The molecule has 0 aliphatic heterocycles. The number of nitrogens with one attached hydrogen (secondary N) is 1. The highest BCUT2D eigenvalue weighted by Gasteiger charge is 2.22. The Morgan fingerprint density at radius 2 is 2.07 bits per heavy atom. The Morgan fingerprint density at radius 1 is 1.47 bits per heavy atom. The predicted molar refractivity (Wildman–Crippen MR) is 66.3 cm³/mol. The van der Waals surface area contributed by atoms with Crippen LogP contribution in [0.3, 0.4) is 0 Å². The summed E-state index contributed by atoms with van der Waals surface area (Å²) in [5.41, 5.74) is 0. The summed E-state index contributed by atoms with van der Waals surface area (Å²) < 4.78 is 4.92. The normalized spacial score (nSPS) is 11.9. The smallest absolute Gasteiger partial charge is 0.236 e. The Hall–Kier alpha value is -0.0900. The minimum Gasteiger partial charge on any atom is -0.381 e. The largest absolute Gasteiger partial charge is 0.381 e. The lowest BCUT2D eigenvalue weighted by molar-refractivity contribution is -0.122. The number of rotatable bonds is 7. The number of hydrogen-bond donors (Lipinski definition) is 1. The predicted octanol–water partition coefficient (Wildman–Crippen LogP) is 2.34. The van der Waals surface area contributed by atoms with E-state index in [9.17, 15) is 4.79 Å². The topological polar surface area (TPSA) is 38.3 Å². The minimum absolute atomic E-state index is 0.0198. The number of carbonyl (C=O) groups excluding carboxylic acids is 1. The highest BCUT2D eigenvalue weighted by Crippen LogP contribution is 2.14. The van der Waals surface area contributed by atoms with Crippen LogP contribution in [0.1, 0.15) is 34.1 Å². The molecule has 90 valence electrons. The monoisotopic (exact) mass is 279 g/mol. The van der Waals surface area contributed by atoms with Crippen LogP contribution in [-0.4, -0.2) is 30.0 Å². The maximum absolute atomic E-state index is 11.4. The van der Waals surface area contributed by atoms with Crippen LogP contribution in [0.15, 0.2) is 0 Å². The molecular weight excluding hydrogens is 258 g/mol. The lowest BCUT2D eigenvalue weighted by atomic mass is 10.2. The second-order valence-corrected chi connectivity index (χ2v) is 6.53. The van der Waals surface area contributed by atoms with E-state index in [-0.39, 0.29) is 5.91 Å². The standard InChI is InChI=1S/C11H22BrNO2/c1-9(2)8-15-7-5-6-13-10(14)11(3,4)12/h9H,5-8H2,1-4H3,(H,13,14). The van der Waals surface area contributed by atoms with E-state index in [0.29, 0.717) is 19.1 Å². The lowest BCUT2D eigenvalue weighted by Gasteiger charge is -2.15. The average molecular weight is 280 g/mol. The fourth-order valence-corrected chi connectivity index (χ4v) is 1.05. The van der Waals surface area contributed by atoms with Crippen molar-refractivity contribution < 1.29 is 9.53 Å².